The molecule has 1 aromatic carbocycles. The van der Waals surface area contributed by atoms with E-state index in [1.54, 1.807) is 10.9 Å². The lowest BCUT2D eigenvalue weighted by Crippen LogP contribution is -2.46. The van der Waals surface area contributed by atoms with Gasteiger partial charge in [-0.15, -0.1) is 5.10 Å². The quantitative estimate of drug-likeness (QED) is 0.736. The predicted molar refractivity (Wildman–Crippen MR) is 106 cm³/mol. The minimum atomic E-state index is -0.161. The maximum absolute atomic E-state index is 12.7. The van der Waals surface area contributed by atoms with Crippen LogP contribution in [-0.2, 0) is 11.3 Å². The minimum Gasteiger partial charge on any atom is -0.484 e. The molecule has 2 fully saturated rings. The summed E-state index contributed by atoms with van der Waals surface area (Å²) >= 11 is 0. The summed E-state index contributed by atoms with van der Waals surface area (Å²) in [5.41, 5.74) is 0.352. The number of carbonyl (C=O) groups excluding carboxylic acids is 2. The molecule has 1 saturated carbocycles. The maximum atomic E-state index is 12.7. The third-order valence-corrected chi connectivity index (χ3v) is 5.43. The van der Waals surface area contributed by atoms with Crippen LogP contribution in [-0.4, -0.2) is 56.9 Å². The van der Waals surface area contributed by atoms with E-state index in [1.807, 2.05) is 35.2 Å². The van der Waals surface area contributed by atoms with Gasteiger partial charge in [-0.25, -0.2) is 0 Å². The largest absolute Gasteiger partial charge is 0.484 e. The van der Waals surface area contributed by atoms with Crippen LogP contribution in [0.1, 0.15) is 49.0 Å². The predicted octanol–water partition coefficient (Wildman–Crippen LogP) is 2.02. The van der Waals surface area contributed by atoms with Crippen LogP contribution in [0, 0.1) is 0 Å². The first-order valence-corrected chi connectivity index (χ1v) is 10.4. The fraction of sp³-hybridized carbons (Fsp3) is 0.524. The number of benzene rings is 1. The van der Waals surface area contributed by atoms with Crippen molar-refractivity contribution in [1.29, 1.82) is 0 Å². The van der Waals surface area contributed by atoms with E-state index in [9.17, 15) is 9.59 Å². The van der Waals surface area contributed by atoms with Gasteiger partial charge in [-0.2, -0.15) is 0 Å². The van der Waals surface area contributed by atoms with Gasteiger partial charge in [-0.05, 0) is 50.7 Å². The second-order valence-corrected chi connectivity index (χ2v) is 7.74. The van der Waals surface area contributed by atoms with Gasteiger partial charge in [0.15, 0.2) is 12.3 Å². The van der Waals surface area contributed by atoms with Gasteiger partial charge in [0.05, 0.1) is 6.20 Å². The average molecular weight is 397 g/mol. The summed E-state index contributed by atoms with van der Waals surface area (Å²) in [6.07, 6.45) is 7.65. The van der Waals surface area contributed by atoms with E-state index in [2.05, 4.69) is 15.6 Å². The molecule has 8 heteroatoms. The normalized spacial score (nSPS) is 19.0. The van der Waals surface area contributed by atoms with Crippen molar-refractivity contribution in [3.63, 3.8) is 0 Å². The molecular weight excluding hydrogens is 370 g/mol. The molecule has 1 aliphatic carbocycles. The Labute approximate surface area is 170 Å². The molecular formula is C21H27N5O3. The van der Waals surface area contributed by atoms with Crippen LogP contribution >= 0.6 is 0 Å². The van der Waals surface area contributed by atoms with Crippen molar-refractivity contribution >= 4 is 11.8 Å². The SMILES string of the molecule is O=C(NC1CC1)c1cn(CCC2CCCCN2C(=O)COc2ccccc2)nn1. The lowest BCUT2D eigenvalue weighted by Gasteiger charge is -2.35. The molecule has 8 nitrogen and oxygen atoms in total. The number of piperidine rings is 1. The van der Waals surface area contributed by atoms with Crippen LogP contribution in [0.5, 0.6) is 5.75 Å². The zero-order valence-electron chi connectivity index (χ0n) is 16.5. The lowest BCUT2D eigenvalue weighted by atomic mass is 9.99. The van der Waals surface area contributed by atoms with Crippen LogP contribution in [0.25, 0.3) is 0 Å². The first-order chi connectivity index (χ1) is 14.2. The monoisotopic (exact) mass is 397 g/mol. The van der Waals surface area contributed by atoms with Crippen LogP contribution in [0.15, 0.2) is 36.5 Å². The molecule has 2 heterocycles. The van der Waals surface area contributed by atoms with Crippen molar-refractivity contribution in [3.8, 4) is 5.75 Å². The molecule has 1 N–H and O–H groups in total. The number of aromatic nitrogens is 3. The van der Waals surface area contributed by atoms with Gasteiger partial charge in [0.25, 0.3) is 11.8 Å². The summed E-state index contributed by atoms with van der Waals surface area (Å²) in [7, 11) is 0. The number of hydrogen-bond donors (Lipinski definition) is 1. The molecule has 29 heavy (non-hydrogen) atoms. The smallest absolute Gasteiger partial charge is 0.273 e. The molecule has 0 spiro atoms. The second-order valence-electron chi connectivity index (χ2n) is 7.74. The Balaban J connectivity index is 1.29. The van der Waals surface area contributed by atoms with Crippen LogP contribution in [0.4, 0.5) is 0 Å². The van der Waals surface area contributed by atoms with Crippen LogP contribution in [0.2, 0.25) is 0 Å². The number of aryl methyl sites for hydroxylation is 1. The molecule has 4 rings (SSSR count). The topological polar surface area (TPSA) is 89.4 Å². The van der Waals surface area contributed by atoms with Crippen molar-refractivity contribution in [2.75, 3.05) is 13.2 Å². The number of hydrogen-bond acceptors (Lipinski definition) is 5. The number of amides is 2. The first kappa shape index (κ1) is 19.4. The van der Waals surface area contributed by atoms with Crippen LogP contribution < -0.4 is 10.1 Å². The maximum Gasteiger partial charge on any atom is 0.273 e. The van der Waals surface area contributed by atoms with Gasteiger partial charge in [0.1, 0.15) is 5.75 Å². The van der Waals surface area contributed by atoms with Crippen molar-refractivity contribution < 1.29 is 14.3 Å². The van der Waals surface area contributed by atoms with Gasteiger partial charge in [-0.3, -0.25) is 14.3 Å². The van der Waals surface area contributed by atoms with Crippen LogP contribution in [0.3, 0.4) is 0 Å². The summed E-state index contributed by atoms with van der Waals surface area (Å²) in [4.78, 5) is 26.7. The molecule has 154 valence electrons. The van der Waals surface area contributed by atoms with Gasteiger partial charge < -0.3 is 15.0 Å². The molecule has 2 aliphatic rings. The highest BCUT2D eigenvalue weighted by atomic mass is 16.5. The van der Waals surface area contributed by atoms with Gasteiger partial charge in [0.2, 0.25) is 0 Å². The molecule has 2 amide bonds. The van der Waals surface area contributed by atoms with Crippen molar-refractivity contribution in [2.24, 2.45) is 0 Å². The average Bonchev–Trinajstić information content (AvgIpc) is 3.44. The van der Waals surface area contributed by atoms with E-state index in [4.69, 9.17) is 4.74 Å². The molecule has 0 bridgehead atoms. The van der Waals surface area contributed by atoms with Crippen molar-refractivity contribution in [2.45, 2.75) is 57.2 Å². The van der Waals surface area contributed by atoms with Crippen molar-refractivity contribution in [3.05, 3.63) is 42.2 Å². The highest BCUT2D eigenvalue weighted by Gasteiger charge is 2.27. The molecule has 1 unspecified atom stereocenters. The highest BCUT2D eigenvalue weighted by Crippen LogP contribution is 2.21. The Morgan fingerprint density at radius 3 is 2.76 bits per heavy atom. The van der Waals surface area contributed by atoms with E-state index in [0.29, 0.717) is 24.0 Å². The first-order valence-electron chi connectivity index (χ1n) is 10.4. The van der Waals surface area contributed by atoms with Crippen molar-refractivity contribution in [1.82, 2.24) is 25.2 Å². The third-order valence-electron chi connectivity index (χ3n) is 5.43. The molecule has 1 atom stereocenters. The number of nitrogens with one attached hydrogen (secondary N) is 1. The summed E-state index contributed by atoms with van der Waals surface area (Å²) in [5, 5.41) is 11.0. The second kappa shape index (κ2) is 9.07. The Kier molecular flexibility index (Phi) is 6.07. The zero-order chi connectivity index (χ0) is 20.1. The Morgan fingerprint density at radius 2 is 1.97 bits per heavy atom. The molecule has 2 aromatic rings. The van der Waals surface area contributed by atoms with E-state index >= 15 is 0 Å². The van der Waals surface area contributed by atoms with Gasteiger partial charge in [0, 0.05) is 25.2 Å². The summed E-state index contributed by atoms with van der Waals surface area (Å²) < 4.78 is 7.33. The lowest BCUT2D eigenvalue weighted by molar-refractivity contribution is -0.137. The van der Waals surface area contributed by atoms with E-state index in [1.165, 1.54) is 0 Å². The Morgan fingerprint density at radius 1 is 1.14 bits per heavy atom. The number of likely N-dealkylation sites (tertiary alicyclic amines) is 1. The molecule has 1 aromatic heterocycles. The number of carbonyl (C=O) groups is 2. The number of rotatable bonds is 8. The Bertz CT molecular complexity index is 834. The summed E-state index contributed by atoms with van der Waals surface area (Å²) in [6.45, 7) is 1.43. The third kappa shape index (κ3) is 5.34. The minimum absolute atomic E-state index is 0.0154. The molecule has 0 radical (unpaired) electrons. The summed E-state index contributed by atoms with van der Waals surface area (Å²) in [6, 6.07) is 9.85. The van der Waals surface area contributed by atoms with Gasteiger partial charge >= 0.3 is 0 Å². The zero-order valence-corrected chi connectivity index (χ0v) is 16.5. The molecule has 1 saturated heterocycles. The number of ether oxygens (including phenoxy) is 1. The van der Waals surface area contributed by atoms with E-state index in [-0.39, 0.29) is 24.5 Å². The van der Waals surface area contributed by atoms with Gasteiger partial charge in [-0.1, -0.05) is 23.4 Å². The Hall–Kier alpha value is -2.90. The fourth-order valence-electron chi connectivity index (χ4n) is 3.65. The van der Waals surface area contributed by atoms with E-state index < -0.39 is 0 Å². The number of para-hydroxylation sites is 1. The number of nitrogens with zero attached hydrogens (tertiary/aromatic N) is 4. The summed E-state index contributed by atoms with van der Waals surface area (Å²) in [5.74, 6) is 0.557. The standard InChI is InChI=1S/C21H27N5O3/c27-20(15-29-18-7-2-1-3-8-18)26-12-5-4-6-17(26)11-13-25-14-19(23-24-25)21(28)22-16-9-10-16/h1-3,7-8,14,16-17H,4-6,9-13,15H2,(H,22,28). The van der Waals surface area contributed by atoms with E-state index in [0.717, 1.165) is 45.1 Å². The highest BCUT2D eigenvalue weighted by molar-refractivity contribution is 5.92. The molecule has 1 aliphatic heterocycles. The fourth-order valence-corrected chi connectivity index (χ4v) is 3.65.